The molecule has 3 N–H and O–H groups in total. The summed E-state index contributed by atoms with van der Waals surface area (Å²) in [5.41, 5.74) is 0. The van der Waals surface area contributed by atoms with E-state index in [1.165, 1.54) is 12.8 Å². The van der Waals surface area contributed by atoms with Gasteiger partial charge in [-0.15, -0.1) is 0 Å². The molecule has 0 unspecified atom stereocenters. The molecule has 1 atom stereocenters. The molecule has 0 aromatic carbocycles. The van der Waals surface area contributed by atoms with Crippen LogP contribution in [0, 0.1) is 0 Å². The number of rotatable bonds is 6. The molecule has 126 valence electrons. The Kier molecular flexibility index (Phi) is 7.62. The van der Waals surface area contributed by atoms with Crippen LogP contribution in [0.25, 0.3) is 0 Å². The van der Waals surface area contributed by atoms with E-state index in [1.807, 2.05) is 0 Å². The lowest BCUT2D eigenvalue weighted by Crippen LogP contribution is -2.46. The van der Waals surface area contributed by atoms with Crippen molar-refractivity contribution in [2.75, 3.05) is 52.5 Å². The third-order valence-corrected chi connectivity index (χ3v) is 4.21. The molecule has 7 nitrogen and oxygen atoms in total. The topological polar surface area (TPSA) is 82.7 Å². The predicted octanol–water partition coefficient (Wildman–Crippen LogP) is -0.917. The maximum atomic E-state index is 11.7. The minimum atomic E-state index is -0.537. The van der Waals surface area contributed by atoms with Gasteiger partial charge in [-0.05, 0) is 25.8 Å². The van der Waals surface area contributed by atoms with Gasteiger partial charge in [-0.25, -0.2) is 0 Å². The van der Waals surface area contributed by atoms with E-state index in [9.17, 15) is 9.59 Å². The summed E-state index contributed by atoms with van der Waals surface area (Å²) in [6, 6.07) is 0.471. The van der Waals surface area contributed by atoms with E-state index in [4.69, 9.17) is 4.74 Å². The summed E-state index contributed by atoms with van der Waals surface area (Å²) in [5, 5.41) is 8.79. The second-order valence-electron chi connectivity index (χ2n) is 5.90. The van der Waals surface area contributed by atoms with Crippen LogP contribution in [0.1, 0.15) is 25.7 Å². The van der Waals surface area contributed by atoms with Crippen molar-refractivity contribution in [3.63, 3.8) is 0 Å². The van der Waals surface area contributed by atoms with Crippen LogP contribution >= 0.6 is 0 Å². The number of nitrogens with zero attached hydrogens (tertiary/aromatic N) is 1. The molecule has 0 aliphatic carbocycles. The molecule has 0 saturated carbocycles. The van der Waals surface area contributed by atoms with E-state index in [1.54, 1.807) is 0 Å². The summed E-state index contributed by atoms with van der Waals surface area (Å²) in [6.07, 6.45) is 4.51. The molecule has 0 bridgehead atoms. The van der Waals surface area contributed by atoms with Crippen molar-refractivity contribution in [2.45, 2.75) is 31.7 Å². The van der Waals surface area contributed by atoms with Crippen molar-refractivity contribution in [1.82, 2.24) is 20.9 Å². The number of piperidine rings is 1. The van der Waals surface area contributed by atoms with Gasteiger partial charge in [0.25, 0.3) is 0 Å². The Bertz CT molecular complexity index is 319. The zero-order valence-corrected chi connectivity index (χ0v) is 13.2. The highest BCUT2D eigenvalue weighted by Crippen LogP contribution is 2.08. The highest BCUT2D eigenvalue weighted by molar-refractivity contribution is 6.35. The molecule has 0 aromatic rings. The first-order valence-corrected chi connectivity index (χ1v) is 8.35. The monoisotopic (exact) mass is 312 g/mol. The molecule has 0 spiro atoms. The Balaban J connectivity index is 1.51. The van der Waals surface area contributed by atoms with Crippen molar-refractivity contribution >= 4 is 11.8 Å². The van der Waals surface area contributed by atoms with Crippen LogP contribution in [0.4, 0.5) is 0 Å². The van der Waals surface area contributed by atoms with Crippen LogP contribution in [-0.4, -0.2) is 75.2 Å². The van der Waals surface area contributed by atoms with Crippen LogP contribution in [0.15, 0.2) is 0 Å². The van der Waals surface area contributed by atoms with Crippen LogP contribution in [0.2, 0.25) is 0 Å². The fourth-order valence-electron chi connectivity index (χ4n) is 2.84. The smallest absolute Gasteiger partial charge is 0.309 e. The number of nitrogens with one attached hydrogen (secondary N) is 3. The molecule has 22 heavy (non-hydrogen) atoms. The third-order valence-electron chi connectivity index (χ3n) is 4.21. The van der Waals surface area contributed by atoms with E-state index < -0.39 is 11.8 Å². The number of morpholine rings is 1. The quantitative estimate of drug-likeness (QED) is 0.553. The number of amides is 2. The molecule has 2 rings (SSSR count). The number of hydrogen-bond acceptors (Lipinski definition) is 5. The Labute approximate surface area is 132 Å². The molecule has 2 fully saturated rings. The maximum Gasteiger partial charge on any atom is 0.309 e. The first-order chi connectivity index (χ1) is 10.8. The molecule has 2 amide bonds. The SMILES string of the molecule is O=C(NCC[C@H]1CCCCN1)C(=O)NCCN1CCOCC1. The summed E-state index contributed by atoms with van der Waals surface area (Å²) in [7, 11) is 0. The number of ether oxygens (including phenoxy) is 1. The van der Waals surface area contributed by atoms with Crippen molar-refractivity contribution in [1.29, 1.82) is 0 Å². The fourth-order valence-corrected chi connectivity index (χ4v) is 2.84. The van der Waals surface area contributed by atoms with Crippen molar-refractivity contribution in [2.24, 2.45) is 0 Å². The normalized spacial score (nSPS) is 23.0. The molecule has 2 heterocycles. The zero-order valence-electron chi connectivity index (χ0n) is 13.2. The largest absolute Gasteiger partial charge is 0.379 e. The number of carbonyl (C=O) groups excluding carboxylic acids is 2. The van der Waals surface area contributed by atoms with E-state index >= 15 is 0 Å². The minimum absolute atomic E-state index is 0.471. The third kappa shape index (κ3) is 6.29. The average Bonchev–Trinajstić information content (AvgIpc) is 2.56. The van der Waals surface area contributed by atoms with Gasteiger partial charge in [-0.3, -0.25) is 14.5 Å². The lowest BCUT2D eigenvalue weighted by Gasteiger charge is -2.26. The van der Waals surface area contributed by atoms with Gasteiger partial charge in [0.2, 0.25) is 0 Å². The molecule has 0 aromatic heterocycles. The Morgan fingerprint density at radius 2 is 1.82 bits per heavy atom. The lowest BCUT2D eigenvalue weighted by molar-refractivity contribution is -0.139. The van der Waals surface area contributed by atoms with Gasteiger partial charge >= 0.3 is 11.8 Å². The maximum absolute atomic E-state index is 11.7. The average molecular weight is 312 g/mol. The molecule has 2 aliphatic rings. The summed E-state index contributed by atoms with van der Waals surface area (Å²) in [4.78, 5) is 25.6. The van der Waals surface area contributed by atoms with Crippen molar-refractivity contribution in [3.8, 4) is 0 Å². The summed E-state index contributed by atoms with van der Waals surface area (Å²) < 4.78 is 5.26. The van der Waals surface area contributed by atoms with Crippen LogP contribution in [0.5, 0.6) is 0 Å². The van der Waals surface area contributed by atoms with E-state index in [2.05, 4.69) is 20.9 Å². The second-order valence-corrected chi connectivity index (χ2v) is 5.90. The van der Waals surface area contributed by atoms with Gasteiger partial charge in [-0.2, -0.15) is 0 Å². The number of carbonyl (C=O) groups is 2. The van der Waals surface area contributed by atoms with Gasteiger partial charge in [0.15, 0.2) is 0 Å². The van der Waals surface area contributed by atoms with E-state index in [-0.39, 0.29) is 0 Å². The molecule has 2 aliphatic heterocycles. The molecule has 7 heteroatoms. The molecule has 2 saturated heterocycles. The van der Waals surface area contributed by atoms with Gasteiger partial charge in [0.1, 0.15) is 0 Å². The highest BCUT2D eigenvalue weighted by atomic mass is 16.5. The van der Waals surface area contributed by atoms with Crippen molar-refractivity contribution < 1.29 is 14.3 Å². The molecular weight excluding hydrogens is 284 g/mol. The second kappa shape index (κ2) is 9.76. The first-order valence-electron chi connectivity index (χ1n) is 8.35. The fraction of sp³-hybridized carbons (Fsp3) is 0.867. The summed E-state index contributed by atoms with van der Waals surface area (Å²) >= 11 is 0. The van der Waals surface area contributed by atoms with E-state index in [0.29, 0.717) is 19.1 Å². The van der Waals surface area contributed by atoms with Gasteiger partial charge < -0.3 is 20.7 Å². The van der Waals surface area contributed by atoms with Crippen LogP contribution in [0.3, 0.4) is 0 Å². The van der Waals surface area contributed by atoms with Gasteiger partial charge in [0, 0.05) is 38.8 Å². The number of hydrogen-bond donors (Lipinski definition) is 3. The Morgan fingerprint density at radius 1 is 1.09 bits per heavy atom. The minimum Gasteiger partial charge on any atom is -0.379 e. The summed E-state index contributed by atoms with van der Waals surface area (Å²) in [6.45, 7) is 6.11. The predicted molar refractivity (Wildman–Crippen MR) is 83.5 cm³/mol. The van der Waals surface area contributed by atoms with Crippen LogP contribution in [-0.2, 0) is 14.3 Å². The Hall–Kier alpha value is -1.18. The first kappa shape index (κ1) is 17.2. The Morgan fingerprint density at radius 3 is 2.50 bits per heavy atom. The zero-order chi connectivity index (χ0) is 15.6. The van der Waals surface area contributed by atoms with Gasteiger partial charge in [0.05, 0.1) is 13.2 Å². The van der Waals surface area contributed by atoms with Crippen molar-refractivity contribution in [3.05, 3.63) is 0 Å². The summed E-state index contributed by atoms with van der Waals surface area (Å²) in [5.74, 6) is -1.07. The molecular formula is C15H28N4O3. The molecule has 0 radical (unpaired) electrons. The lowest BCUT2D eigenvalue weighted by atomic mass is 10.0. The highest BCUT2D eigenvalue weighted by Gasteiger charge is 2.16. The van der Waals surface area contributed by atoms with Gasteiger partial charge in [-0.1, -0.05) is 6.42 Å². The standard InChI is InChI=1S/C15H28N4O3/c20-14(17-6-4-13-3-1-2-5-16-13)15(21)18-7-8-19-9-11-22-12-10-19/h13,16H,1-12H2,(H,17,20)(H,18,21)/t13-/m1/s1. The van der Waals surface area contributed by atoms with E-state index in [0.717, 1.165) is 52.2 Å². The van der Waals surface area contributed by atoms with Crippen LogP contribution < -0.4 is 16.0 Å².